The number of unbranched alkanes of at least 4 members (excludes halogenated alkanes) is 16. The zero-order chi connectivity index (χ0) is 42.7. The van der Waals surface area contributed by atoms with E-state index >= 15 is 0 Å². The molecule has 0 radical (unpaired) electrons. The van der Waals surface area contributed by atoms with E-state index in [-0.39, 0.29) is 24.0 Å². The number of nitrogens with zero attached hydrogens (tertiary/aromatic N) is 2. The molecule has 0 N–H and O–H groups in total. The lowest BCUT2D eigenvalue weighted by Crippen LogP contribution is -2.32. The van der Waals surface area contributed by atoms with Crippen molar-refractivity contribution in [3.8, 4) is 0 Å². The zero-order valence-electron chi connectivity index (χ0n) is 39.3. The van der Waals surface area contributed by atoms with Crippen LogP contribution in [0.5, 0.6) is 0 Å². The van der Waals surface area contributed by atoms with Gasteiger partial charge in [-0.15, -0.1) is 0 Å². The summed E-state index contributed by atoms with van der Waals surface area (Å²) in [6, 6.07) is 0. The molecule has 0 aliphatic rings. The van der Waals surface area contributed by atoms with Gasteiger partial charge in [-0.1, -0.05) is 151 Å². The van der Waals surface area contributed by atoms with Crippen LogP contribution in [0, 0.1) is 5.92 Å². The first-order chi connectivity index (χ1) is 28.3. The zero-order valence-corrected chi connectivity index (χ0v) is 39.3. The van der Waals surface area contributed by atoms with E-state index in [1.54, 1.807) is 0 Å². The summed E-state index contributed by atoms with van der Waals surface area (Å²) < 4.78 is 22.8. The molecular formula is C49H96N2O7. The van der Waals surface area contributed by atoms with Gasteiger partial charge in [0.25, 0.3) is 0 Å². The molecule has 0 aromatic rings. The van der Waals surface area contributed by atoms with Crippen LogP contribution in [0.4, 0.5) is 4.79 Å². The number of hydrogen-bond acceptors (Lipinski definition) is 9. The Bertz CT molecular complexity index is 901. The topological polar surface area (TPSA) is 94.6 Å². The number of esters is 2. The Hall–Kier alpha value is -1.87. The normalized spacial score (nSPS) is 12.1. The van der Waals surface area contributed by atoms with E-state index < -0.39 is 6.16 Å². The molecule has 0 fully saturated rings. The first-order valence-electron chi connectivity index (χ1n) is 24.9. The van der Waals surface area contributed by atoms with Crippen LogP contribution in [0.1, 0.15) is 228 Å². The molecule has 9 nitrogen and oxygen atoms in total. The van der Waals surface area contributed by atoms with Gasteiger partial charge >= 0.3 is 18.1 Å². The third-order valence-electron chi connectivity index (χ3n) is 11.5. The van der Waals surface area contributed by atoms with Crippen molar-refractivity contribution >= 4 is 18.1 Å². The average Bonchev–Trinajstić information content (AvgIpc) is 3.22. The summed E-state index contributed by atoms with van der Waals surface area (Å²) in [7, 11) is 0. The maximum Gasteiger partial charge on any atom is 0.508 e. The Labute approximate surface area is 359 Å². The fourth-order valence-electron chi connectivity index (χ4n) is 7.62. The van der Waals surface area contributed by atoms with E-state index in [9.17, 15) is 14.4 Å². The Morgan fingerprint density at radius 3 is 1.40 bits per heavy atom. The van der Waals surface area contributed by atoms with Gasteiger partial charge in [-0.05, 0) is 96.8 Å². The molecule has 9 heteroatoms. The summed E-state index contributed by atoms with van der Waals surface area (Å²) in [5.74, 6) is -0.0977. The maximum atomic E-state index is 13.2. The van der Waals surface area contributed by atoms with Gasteiger partial charge in [-0.25, -0.2) is 4.79 Å². The van der Waals surface area contributed by atoms with Crippen molar-refractivity contribution < 1.29 is 33.3 Å². The molecule has 0 bridgehead atoms. The highest BCUT2D eigenvalue weighted by Gasteiger charge is 2.20. The lowest BCUT2D eigenvalue weighted by molar-refractivity contribution is -0.149. The molecule has 1 atom stereocenters. The SMILES string of the molecule is CCCCCCCOC(=O)CCCCC(CCCCCC)OC(=O)OCCCN(CCCOC(=O)C(CCCCCCC)CCCCCCC)CCCN(CC)CC. The third-order valence-corrected chi connectivity index (χ3v) is 11.5. The third kappa shape index (κ3) is 36.0. The van der Waals surface area contributed by atoms with Gasteiger partial charge in [-0.3, -0.25) is 9.59 Å². The van der Waals surface area contributed by atoms with Crippen molar-refractivity contribution in [3.63, 3.8) is 0 Å². The second-order valence-electron chi connectivity index (χ2n) is 16.8. The molecule has 0 aliphatic heterocycles. The highest BCUT2D eigenvalue weighted by molar-refractivity contribution is 5.72. The Balaban J connectivity index is 4.91. The molecule has 0 heterocycles. The predicted octanol–water partition coefficient (Wildman–Crippen LogP) is 13.2. The van der Waals surface area contributed by atoms with Gasteiger partial charge < -0.3 is 28.7 Å². The molecule has 0 saturated heterocycles. The molecule has 0 amide bonds. The van der Waals surface area contributed by atoms with Gasteiger partial charge in [0.1, 0.15) is 6.10 Å². The number of carbonyl (C=O) groups excluding carboxylic acids is 3. The van der Waals surface area contributed by atoms with Gasteiger partial charge in [-0.2, -0.15) is 0 Å². The average molecular weight is 825 g/mol. The van der Waals surface area contributed by atoms with Crippen molar-refractivity contribution in [2.24, 2.45) is 5.92 Å². The minimum Gasteiger partial charge on any atom is -0.466 e. The molecule has 0 aliphatic carbocycles. The summed E-state index contributed by atoms with van der Waals surface area (Å²) in [6.07, 6.45) is 29.5. The van der Waals surface area contributed by atoms with Crippen molar-refractivity contribution in [2.45, 2.75) is 234 Å². The molecule has 0 spiro atoms. The van der Waals surface area contributed by atoms with E-state index in [0.717, 1.165) is 142 Å². The van der Waals surface area contributed by atoms with Crippen LogP contribution in [0.3, 0.4) is 0 Å². The van der Waals surface area contributed by atoms with Gasteiger partial charge in [0.2, 0.25) is 0 Å². The van der Waals surface area contributed by atoms with Crippen molar-refractivity contribution in [1.82, 2.24) is 9.80 Å². The Morgan fingerprint density at radius 1 is 0.414 bits per heavy atom. The predicted molar refractivity (Wildman–Crippen MR) is 242 cm³/mol. The fourth-order valence-corrected chi connectivity index (χ4v) is 7.62. The second kappa shape index (κ2) is 43.2. The quantitative estimate of drug-likeness (QED) is 0.0338. The van der Waals surface area contributed by atoms with Crippen LogP contribution in [0.15, 0.2) is 0 Å². The highest BCUT2D eigenvalue weighted by Crippen LogP contribution is 2.21. The summed E-state index contributed by atoms with van der Waals surface area (Å²) in [6.45, 7) is 20.3. The number of carbonyl (C=O) groups is 3. The Morgan fingerprint density at radius 2 is 0.845 bits per heavy atom. The van der Waals surface area contributed by atoms with E-state index in [1.165, 1.54) is 77.0 Å². The van der Waals surface area contributed by atoms with Crippen LogP contribution < -0.4 is 0 Å². The van der Waals surface area contributed by atoms with Crippen molar-refractivity contribution in [2.75, 3.05) is 59.1 Å². The maximum absolute atomic E-state index is 13.2. The largest absolute Gasteiger partial charge is 0.508 e. The lowest BCUT2D eigenvalue weighted by atomic mass is 9.94. The second-order valence-corrected chi connectivity index (χ2v) is 16.8. The summed E-state index contributed by atoms with van der Waals surface area (Å²) in [5.41, 5.74) is 0. The van der Waals surface area contributed by atoms with Crippen LogP contribution in [-0.2, 0) is 28.5 Å². The minimum absolute atomic E-state index is 0.000602. The summed E-state index contributed by atoms with van der Waals surface area (Å²) >= 11 is 0. The van der Waals surface area contributed by atoms with Crippen LogP contribution in [0.2, 0.25) is 0 Å². The number of ether oxygens (including phenoxy) is 4. The number of rotatable bonds is 44. The minimum atomic E-state index is -0.590. The van der Waals surface area contributed by atoms with Gasteiger partial charge in [0.05, 0.1) is 25.7 Å². The van der Waals surface area contributed by atoms with E-state index in [1.807, 2.05) is 0 Å². The van der Waals surface area contributed by atoms with Crippen LogP contribution in [-0.4, -0.2) is 93.1 Å². The van der Waals surface area contributed by atoms with E-state index in [0.29, 0.717) is 26.2 Å². The number of hydrogen-bond donors (Lipinski definition) is 0. The molecule has 0 aromatic heterocycles. The monoisotopic (exact) mass is 825 g/mol. The molecule has 58 heavy (non-hydrogen) atoms. The first-order valence-corrected chi connectivity index (χ1v) is 24.9. The van der Waals surface area contributed by atoms with E-state index in [4.69, 9.17) is 18.9 Å². The lowest BCUT2D eigenvalue weighted by Gasteiger charge is -2.25. The smallest absolute Gasteiger partial charge is 0.466 e. The molecule has 0 aromatic carbocycles. The molecule has 0 saturated carbocycles. The summed E-state index contributed by atoms with van der Waals surface area (Å²) in [5, 5.41) is 0. The molecular weight excluding hydrogens is 729 g/mol. The summed E-state index contributed by atoms with van der Waals surface area (Å²) in [4.78, 5) is 43.1. The van der Waals surface area contributed by atoms with Crippen LogP contribution in [0.25, 0.3) is 0 Å². The van der Waals surface area contributed by atoms with E-state index in [2.05, 4.69) is 51.3 Å². The Kier molecular flexibility index (Phi) is 41.8. The molecule has 344 valence electrons. The molecule has 1 unspecified atom stereocenters. The molecule has 0 rings (SSSR count). The highest BCUT2D eigenvalue weighted by atomic mass is 16.7. The first kappa shape index (κ1) is 56.1. The van der Waals surface area contributed by atoms with Crippen molar-refractivity contribution in [1.29, 1.82) is 0 Å². The fraction of sp³-hybridized carbons (Fsp3) is 0.939. The van der Waals surface area contributed by atoms with Gasteiger partial charge in [0, 0.05) is 19.5 Å². The van der Waals surface area contributed by atoms with Gasteiger partial charge in [0.15, 0.2) is 0 Å². The van der Waals surface area contributed by atoms with Crippen molar-refractivity contribution in [3.05, 3.63) is 0 Å². The standard InChI is InChI=1S/C49H96N2O7/c1-7-13-17-21-24-33-45(34-25-22-18-14-8-2)48(53)56-43-31-40-51(39-30-38-50(11-5)12-6)41-32-44-57-49(54)58-46(35-26-20-16-10-4)36-27-28-37-47(52)55-42-29-23-19-15-9-3/h45-46H,7-44H2,1-6H3. The van der Waals surface area contributed by atoms with Crippen LogP contribution >= 0.6 is 0 Å².